The maximum Gasteiger partial charge on any atom is 0.139 e. The van der Waals surface area contributed by atoms with Gasteiger partial charge in [0.15, 0.2) is 0 Å². The first-order valence-corrected chi connectivity index (χ1v) is 6.84. The van der Waals surface area contributed by atoms with Gasteiger partial charge >= 0.3 is 0 Å². The van der Waals surface area contributed by atoms with E-state index in [1.54, 1.807) is 19.2 Å². The summed E-state index contributed by atoms with van der Waals surface area (Å²) in [7, 11) is 1.58. The Morgan fingerprint density at radius 2 is 1.70 bits per heavy atom. The normalized spacial score (nSPS) is 10.8. The molecule has 0 aliphatic heterocycles. The number of aromatic nitrogens is 1. The van der Waals surface area contributed by atoms with Crippen LogP contribution in [0.5, 0.6) is 5.75 Å². The van der Waals surface area contributed by atoms with E-state index < -0.39 is 0 Å². The van der Waals surface area contributed by atoms with Crippen LogP contribution in [-0.4, -0.2) is 12.1 Å². The number of halogens is 2. The van der Waals surface area contributed by atoms with Gasteiger partial charge in [0.2, 0.25) is 0 Å². The van der Waals surface area contributed by atoms with E-state index in [-0.39, 0.29) is 0 Å². The van der Waals surface area contributed by atoms with Crippen LogP contribution in [0.1, 0.15) is 0 Å². The minimum absolute atomic E-state index is 0.524. The second-order valence-corrected chi connectivity index (χ2v) is 5.17. The van der Waals surface area contributed by atoms with E-state index in [4.69, 9.17) is 27.9 Å². The number of fused-ring (bicyclic) bond motifs is 1. The molecule has 0 radical (unpaired) electrons. The molecule has 0 spiro atoms. The maximum absolute atomic E-state index is 6.34. The number of hydrogen-bond donors (Lipinski definition) is 0. The van der Waals surface area contributed by atoms with Crippen LogP contribution >= 0.6 is 23.2 Å². The molecule has 0 saturated heterocycles. The van der Waals surface area contributed by atoms with E-state index in [1.165, 1.54) is 0 Å². The summed E-state index contributed by atoms with van der Waals surface area (Å²) in [6.07, 6.45) is 0. The van der Waals surface area contributed by atoms with E-state index in [0.29, 0.717) is 15.8 Å². The molecule has 0 unspecified atom stereocenters. The zero-order valence-corrected chi connectivity index (χ0v) is 12.2. The van der Waals surface area contributed by atoms with Crippen molar-refractivity contribution in [3.05, 3.63) is 58.6 Å². The quantitative estimate of drug-likeness (QED) is 0.648. The van der Waals surface area contributed by atoms with Crippen LogP contribution in [0.15, 0.2) is 48.5 Å². The highest BCUT2D eigenvalue weighted by Gasteiger charge is 2.10. The average molecular weight is 304 g/mol. The van der Waals surface area contributed by atoms with Gasteiger partial charge in [-0.15, -0.1) is 0 Å². The molecule has 2 aromatic carbocycles. The smallest absolute Gasteiger partial charge is 0.139 e. The Morgan fingerprint density at radius 1 is 0.950 bits per heavy atom. The van der Waals surface area contributed by atoms with Gasteiger partial charge in [0.1, 0.15) is 5.75 Å². The Balaban J connectivity index is 2.25. The van der Waals surface area contributed by atoms with Crippen LogP contribution in [0.4, 0.5) is 0 Å². The Morgan fingerprint density at radius 3 is 2.40 bits per heavy atom. The molecular weight excluding hydrogens is 293 g/mol. The highest BCUT2D eigenvalue weighted by Crippen LogP contribution is 2.34. The Kier molecular flexibility index (Phi) is 3.51. The number of pyridine rings is 1. The molecule has 1 aromatic heterocycles. The van der Waals surface area contributed by atoms with Crippen molar-refractivity contribution in [3.63, 3.8) is 0 Å². The lowest BCUT2D eigenvalue weighted by atomic mass is 10.1. The predicted molar refractivity (Wildman–Crippen MR) is 83.8 cm³/mol. The van der Waals surface area contributed by atoms with Gasteiger partial charge in [-0.3, -0.25) is 0 Å². The highest BCUT2D eigenvalue weighted by atomic mass is 35.5. The molecule has 0 atom stereocenters. The summed E-state index contributed by atoms with van der Waals surface area (Å²) in [6.45, 7) is 0. The monoisotopic (exact) mass is 303 g/mol. The van der Waals surface area contributed by atoms with Gasteiger partial charge in [0.25, 0.3) is 0 Å². The van der Waals surface area contributed by atoms with Crippen molar-refractivity contribution in [2.24, 2.45) is 0 Å². The molecule has 1 heterocycles. The summed E-state index contributed by atoms with van der Waals surface area (Å²) in [5, 5.41) is 1.96. The van der Waals surface area contributed by atoms with Crippen LogP contribution in [0.25, 0.3) is 22.2 Å². The number of hydrogen-bond acceptors (Lipinski definition) is 2. The van der Waals surface area contributed by atoms with Gasteiger partial charge in [-0.05, 0) is 12.1 Å². The minimum Gasteiger partial charge on any atom is -0.495 e. The number of rotatable bonds is 2. The van der Waals surface area contributed by atoms with Crippen LogP contribution in [0.2, 0.25) is 10.0 Å². The van der Waals surface area contributed by atoms with Gasteiger partial charge in [-0.2, -0.15) is 0 Å². The van der Waals surface area contributed by atoms with E-state index >= 15 is 0 Å². The fraction of sp³-hybridized carbons (Fsp3) is 0.0625. The van der Waals surface area contributed by atoms with Crippen molar-refractivity contribution in [2.75, 3.05) is 7.11 Å². The molecule has 0 fully saturated rings. The van der Waals surface area contributed by atoms with E-state index in [9.17, 15) is 0 Å². The molecule has 0 aliphatic carbocycles. The number of benzene rings is 2. The summed E-state index contributed by atoms with van der Waals surface area (Å²) < 4.78 is 5.22. The first kappa shape index (κ1) is 13.2. The van der Waals surface area contributed by atoms with E-state index in [2.05, 4.69) is 4.98 Å². The topological polar surface area (TPSA) is 22.1 Å². The summed E-state index contributed by atoms with van der Waals surface area (Å²) in [4.78, 5) is 4.63. The van der Waals surface area contributed by atoms with Gasteiger partial charge in [0, 0.05) is 17.0 Å². The second-order valence-electron chi connectivity index (χ2n) is 4.36. The first-order chi connectivity index (χ1) is 9.69. The predicted octanol–water partition coefficient (Wildman–Crippen LogP) is 5.22. The lowest BCUT2D eigenvalue weighted by Crippen LogP contribution is -1.90. The van der Waals surface area contributed by atoms with Crippen LogP contribution in [-0.2, 0) is 0 Å². The zero-order chi connectivity index (χ0) is 14.1. The van der Waals surface area contributed by atoms with Crippen molar-refractivity contribution in [2.45, 2.75) is 0 Å². The third kappa shape index (κ3) is 2.33. The molecular formula is C16H11Cl2NO. The molecule has 4 heteroatoms. The molecule has 0 amide bonds. The molecule has 100 valence electrons. The molecule has 0 saturated carbocycles. The molecule has 20 heavy (non-hydrogen) atoms. The Labute approximate surface area is 126 Å². The summed E-state index contributed by atoms with van der Waals surface area (Å²) in [6, 6.07) is 15.3. The van der Waals surface area contributed by atoms with Gasteiger partial charge in [-0.25, -0.2) is 4.98 Å². The summed E-state index contributed by atoms with van der Waals surface area (Å²) in [5.41, 5.74) is 2.61. The number of ether oxygens (including phenoxy) is 1. The molecule has 3 rings (SSSR count). The largest absolute Gasteiger partial charge is 0.495 e. The standard InChI is InChI=1S/C16H11Cl2NO/c1-20-16-9-15-11(7-13(16)18)12(17)8-14(19-15)10-5-3-2-4-6-10/h2-9H,1H3. The van der Waals surface area contributed by atoms with E-state index in [1.807, 2.05) is 36.4 Å². The molecule has 0 N–H and O–H groups in total. The average Bonchev–Trinajstić information content (AvgIpc) is 2.48. The number of nitrogens with zero attached hydrogens (tertiary/aromatic N) is 1. The molecule has 2 nitrogen and oxygen atoms in total. The fourth-order valence-electron chi connectivity index (χ4n) is 2.10. The highest BCUT2D eigenvalue weighted by molar-refractivity contribution is 6.37. The van der Waals surface area contributed by atoms with Gasteiger partial charge < -0.3 is 4.74 Å². The third-order valence-electron chi connectivity index (χ3n) is 3.10. The molecule has 3 aromatic rings. The van der Waals surface area contributed by atoms with Crippen molar-refractivity contribution < 1.29 is 4.74 Å². The van der Waals surface area contributed by atoms with Crippen LogP contribution in [0.3, 0.4) is 0 Å². The van der Waals surface area contributed by atoms with Gasteiger partial charge in [0.05, 0.1) is 28.4 Å². The Bertz CT molecular complexity index is 772. The number of methoxy groups -OCH3 is 1. The minimum atomic E-state index is 0.524. The maximum atomic E-state index is 6.34. The van der Waals surface area contributed by atoms with Crippen molar-refractivity contribution >= 4 is 34.1 Å². The lowest BCUT2D eigenvalue weighted by molar-refractivity contribution is 0.415. The second kappa shape index (κ2) is 5.31. The summed E-state index contributed by atoms with van der Waals surface area (Å²) >= 11 is 12.5. The zero-order valence-electron chi connectivity index (χ0n) is 10.7. The van der Waals surface area contributed by atoms with Crippen LogP contribution < -0.4 is 4.74 Å². The lowest BCUT2D eigenvalue weighted by Gasteiger charge is -2.09. The fourth-order valence-corrected chi connectivity index (χ4v) is 2.60. The van der Waals surface area contributed by atoms with Gasteiger partial charge in [-0.1, -0.05) is 53.5 Å². The summed E-state index contributed by atoms with van der Waals surface area (Å²) in [5.74, 6) is 0.591. The Hall–Kier alpha value is -1.77. The first-order valence-electron chi connectivity index (χ1n) is 6.08. The van der Waals surface area contributed by atoms with Crippen molar-refractivity contribution in [1.29, 1.82) is 0 Å². The molecule has 0 aliphatic rings. The van der Waals surface area contributed by atoms with Crippen LogP contribution in [0, 0.1) is 0 Å². The van der Waals surface area contributed by atoms with Crippen molar-refractivity contribution in [3.8, 4) is 17.0 Å². The van der Waals surface area contributed by atoms with Crippen molar-refractivity contribution in [1.82, 2.24) is 4.98 Å². The molecule has 0 bridgehead atoms. The SMILES string of the molecule is COc1cc2nc(-c3ccccc3)cc(Cl)c2cc1Cl. The van der Waals surface area contributed by atoms with E-state index in [0.717, 1.165) is 22.2 Å². The third-order valence-corrected chi connectivity index (χ3v) is 3.71.